The van der Waals surface area contributed by atoms with Gasteiger partial charge < -0.3 is 15.9 Å². The maximum Gasteiger partial charge on any atom is 0.151 e. The fourth-order valence-corrected chi connectivity index (χ4v) is 2.57. The number of rotatable bonds is 7. The molecule has 0 unspecified atom stereocenters. The highest BCUT2D eigenvalue weighted by Crippen LogP contribution is 2.19. The van der Waals surface area contributed by atoms with Crippen molar-refractivity contribution in [3.8, 4) is 11.8 Å². The SMILES string of the molecule is N#C/C(NN)=C(/N)c1cccc(OCc2cnn(Cc3ccccc3)c2)c1. The Kier molecular flexibility index (Phi) is 5.72. The molecule has 0 amide bonds. The van der Waals surface area contributed by atoms with Gasteiger partial charge in [-0.3, -0.25) is 4.68 Å². The van der Waals surface area contributed by atoms with E-state index in [-0.39, 0.29) is 11.4 Å². The van der Waals surface area contributed by atoms with Crippen molar-refractivity contribution in [3.63, 3.8) is 0 Å². The number of hydrogen-bond donors (Lipinski definition) is 3. The average molecular weight is 360 g/mol. The van der Waals surface area contributed by atoms with Gasteiger partial charge in [-0.25, -0.2) is 5.84 Å². The largest absolute Gasteiger partial charge is 0.489 e. The Morgan fingerprint density at radius 2 is 1.96 bits per heavy atom. The van der Waals surface area contributed by atoms with E-state index >= 15 is 0 Å². The maximum atomic E-state index is 9.02. The summed E-state index contributed by atoms with van der Waals surface area (Å²) in [5, 5.41) is 13.4. The van der Waals surface area contributed by atoms with E-state index in [4.69, 9.17) is 21.6 Å². The predicted octanol–water partition coefficient (Wildman–Crippen LogP) is 2.12. The summed E-state index contributed by atoms with van der Waals surface area (Å²) in [6.07, 6.45) is 3.74. The highest BCUT2D eigenvalue weighted by Gasteiger charge is 2.07. The molecule has 0 aliphatic heterocycles. The molecule has 0 atom stereocenters. The lowest BCUT2D eigenvalue weighted by Gasteiger charge is -2.09. The molecule has 0 radical (unpaired) electrons. The molecule has 27 heavy (non-hydrogen) atoms. The first-order valence-corrected chi connectivity index (χ1v) is 8.34. The standard InChI is InChI=1S/C20H20N6O/c21-10-19(25-23)20(22)17-7-4-8-18(9-17)27-14-16-11-24-26(13-16)12-15-5-2-1-3-6-15/h1-9,11,13,25H,12,14,22-23H2/b20-19-. The minimum absolute atomic E-state index is 0.106. The third kappa shape index (κ3) is 4.66. The van der Waals surface area contributed by atoms with Crippen LogP contribution in [0.4, 0.5) is 0 Å². The van der Waals surface area contributed by atoms with Crippen LogP contribution in [0, 0.1) is 11.3 Å². The Hall–Kier alpha value is -3.76. The van der Waals surface area contributed by atoms with Gasteiger partial charge in [0.05, 0.1) is 18.4 Å². The van der Waals surface area contributed by atoms with Gasteiger partial charge in [-0.1, -0.05) is 42.5 Å². The molecule has 0 spiro atoms. The summed E-state index contributed by atoms with van der Waals surface area (Å²) in [4.78, 5) is 0. The van der Waals surface area contributed by atoms with Crippen molar-refractivity contribution in [1.29, 1.82) is 5.26 Å². The van der Waals surface area contributed by atoms with Crippen LogP contribution in [0.3, 0.4) is 0 Å². The number of nitrogens with two attached hydrogens (primary N) is 2. The highest BCUT2D eigenvalue weighted by atomic mass is 16.5. The molecular weight excluding hydrogens is 340 g/mol. The quantitative estimate of drug-likeness (QED) is 0.338. The molecule has 3 rings (SSSR count). The van der Waals surface area contributed by atoms with Gasteiger partial charge in [0, 0.05) is 17.3 Å². The topological polar surface area (TPSA) is 115 Å². The zero-order valence-corrected chi connectivity index (χ0v) is 14.7. The minimum atomic E-state index is 0.106. The Labute approximate surface area is 157 Å². The fraction of sp³-hybridized carbons (Fsp3) is 0.100. The van der Waals surface area contributed by atoms with Crippen LogP contribution in [0.15, 0.2) is 72.7 Å². The number of hydrazine groups is 1. The number of hydrogen-bond acceptors (Lipinski definition) is 6. The van der Waals surface area contributed by atoms with Crippen molar-refractivity contribution >= 4 is 5.70 Å². The van der Waals surface area contributed by atoms with Gasteiger partial charge in [0.15, 0.2) is 5.70 Å². The Morgan fingerprint density at radius 1 is 1.15 bits per heavy atom. The van der Waals surface area contributed by atoms with Gasteiger partial charge in [-0.2, -0.15) is 10.4 Å². The van der Waals surface area contributed by atoms with Crippen molar-refractivity contribution in [2.45, 2.75) is 13.2 Å². The van der Waals surface area contributed by atoms with Crippen molar-refractivity contribution in [2.24, 2.45) is 11.6 Å². The summed E-state index contributed by atoms with van der Waals surface area (Å²) >= 11 is 0. The predicted molar refractivity (Wildman–Crippen MR) is 103 cm³/mol. The number of nitrogens with one attached hydrogen (secondary N) is 1. The maximum absolute atomic E-state index is 9.02. The first-order valence-electron chi connectivity index (χ1n) is 8.34. The van der Waals surface area contributed by atoms with Gasteiger partial charge in [-0.15, -0.1) is 0 Å². The highest BCUT2D eigenvalue weighted by molar-refractivity contribution is 5.69. The van der Waals surface area contributed by atoms with Crippen LogP contribution in [-0.4, -0.2) is 9.78 Å². The van der Waals surface area contributed by atoms with E-state index in [0.29, 0.717) is 24.5 Å². The summed E-state index contributed by atoms with van der Waals surface area (Å²) in [6, 6.07) is 19.2. The smallest absolute Gasteiger partial charge is 0.151 e. The average Bonchev–Trinajstić information content (AvgIpc) is 3.15. The van der Waals surface area contributed by atoms with Crippen molar-refractivity contribution in [3.05, 3.63) is 89.4 Å². The van der Waals surface area contributed by atoms with E-state index in [2.05, 4.69) is 22.7 Å². The third-order valence-corrected chi connectivity index (χ3v) is 3.95. The Morgan fingerprint density at radius 3 is 2.70 bits per heavy atom. The Bertz CT molecular complexity index is 971. The normalized spacial score (nSPS) is 11.4. The van der Waals surface area contributed by atoms with E-state index in [9.17, 15) is 0 Å². The first-order chi connectivity index (χ1) is 13.2. The van der Waals surface area contributed by atoms with Crippen molar-refractivity contribution in [2.75, 3.05) is 0 Å². The summed E-state index contributed by atoms with van der Waals surface area (Å²) in [7, 11) is 0. The molecule has 1 heterocycles. The van der Waals surface area contributed by atoms with Crippen LogP contribution in [-0.2, 0) is 13.2 Å². The molecule has 1 aromatic heterocycles. The molecule has 0 aliphatic rings. The van der Waals surface area contributed by atoms with Crippen molar-refractivity contribution < 1.29 is 4.74 Å². The first kappa shape index (κ1) is 18.0. The molecule has 0 aliphatic carbocycles. The summed E-state index contributed by atoms with van der Waals surface area (Å²) < 4.78 is 7.70. The number of nitriles is 1. The second-order valence-electron chi connectivity index (χ2n) is 5.89. The molecule has 0 saturated carbocycles. The lowest BCUT2D eigenvalue weighted by Crippen LogP contribution is -2.23. The molecule has 136 valence electrons. The zero-order chi connectivity index (χ0) is 19.1. The molecular formula is C20H20N6O. The number of ether oxygens (including phenoxy) is 1. The zero-order valence-electron chi connectivity index (χ0n) is 14.7. The molecule has 7 heteroatoms. The fourth-order valence-electron chi connectivity index (χ4n) is 2.57. The minimum Gasteiger partial charge on any atom is -0.489 e. The van der Waals surface area contributed by atoms with Crippen LogP contribution in [0.25, 0.3) is 5.70 Å². The van der Waals surface area contributed by atoms with E-state index in [1.807, 2.05) is 47.3 Å². The monoisotopic (exact) mass is 360 g/mol. The molecule has 0 bridgehead atoms. The number of benzene rings is 2. The molecule has 0 saturated heterocycles. The molecule has 0 fully saturated rings. The van der Waals surface area contributed by atoms with Gasteiger partial charge in [0.25, 0.3) is 0 Å². The van der Waals surface area contributed by atoms with E-state index in [1.165, 1.54) is 5.56 Å². The van der Waals surface area contributed by atoms with Crippen LogP contribution >= 0.6 is 0 Å². The van der Waals surface area contributed by atoms with Crippen LogP contribution in [0.2, 0.25) is 0 Å². The molecule has 2 aromatic carbocycles. The molecule has 7 nitrogen and oxygen atoms in total. The van der Waals surface area contributed by atoms with Gasteiger partial charge in [-0.05, 0) is 17.7 Å². The summed E-state index contributed by atoms with van der Waals surface area (Å²) in [6.45, 7) is 1.09. The summed E-state index contributed by atoms with van der Waals surface area (Å²) in [5.41, 5.74) is 11.4. The number of allylic oxidation sites excluding steroid dienone is 1. The van der Waals surface area contributed by atoms with Crippen LogP contribution in [0.5, 0.6) is 5.75 Å². The van der Waals surface area contributed by atoms with E-state index in [1.54, 1.807) is 18.3 Å². The molecule has 5 N–H and O–H groups in total. The second kappa shape index (κ2) is 8.56. The van der Waals surface area contributed by atoms with Gasteiger partial charge in [0.1, 0.15) is 18.4 Å². The van der Waals surface area contributed by atoms with E-state index < -0.39 is 0 Å². The lowest BCUT2D eigenvalue weighted by molar-refractivity contribution is 0.306. The summed E-state index contributed by atoms with van der Waals surface area (Å²) in [5.74, 6) is 5.94. The second-order valence-corrected chi connectivity index (χ2v) is 5.89. The van der Waals surface area contributed by atoms with E-state index in [0.717, 1.165) is 5.56 Å². The Balaban J connectivity index is 1.65. The molecule has 3 aromatic rings. The van der Waals surface area contributed by atoms with Gasteiger partial charge in [0.2, 0.25) is 0 Å². The van der Waals surface area contributed by atoms with Gasteiger partial charge >= 0.3 is 0 Å². The van der Waals surface area contributed by atoms with Crippen molar-refractivity contribution in [1.82, 2.24) is 15.2 Å². The number of aromatic nitrogens is 2. The third-order valence-electron chi connectivity index (χ3n) is 3.95. The number of nitrogens with zero attached hydrogens (tertiary/aromatic N) is 3. The lowest BCUT2D eigenvalue weighted by atomic mass is 10.1. The van der Waals surface area contributed by atoms with Crippen LogP contribution < -0.4 is 21.7 Å². The van der Waals surface area contributed by atoms with Crippen LogP contribution in [0.1, 0.15) is 16.7 Å².